The van der Waals surface area contributed by atoms with Gasteiger partial charge in [0.05, 0.1) is 18.7 Å². The van der Waals surface area contributed by atoms with Crippen LogP contribution in [0.3, 0.4) is 0 Å². The second-order valence-electron chi connectivity index (χ2n) is 6.00. The van der Waals surface area contributed by atoms with Crippen molar-refractivity contribution < 1.29 is 19.1 Å². The molecule has 1 heterocycles. The van der Waals surface area contributed by atoms with Crippen LogP contribution in [0.15, 0.2) is 18.2 Å². The Morgan fingerprint density at radius 2 is 1.95 bits per heavy atom. The first-order chi connectivity index (χ1) is 9.81. The van der Waals surface area contributed by atoms with Crippen LogP contribution < -0.4 is 0 Å². The number of carbonyl (C=O) groups excluding carboxylic acids is 2. The second kappa shape index (κ2) is 5.76. The van der Waals surface area contributed by atoms with Gasteiger partial charge in [-0.25, -0.2) is 9.59 Å². The Balaban J connectivity index is 2.17. The molecule has 2 rings (SSSR count). The number of fused-ring (bicyclic) bond motifs is 1. The molecule has 0 saturated heterocycles. The van der Waals surface area contributed by atoms with Gasteiger partial charge in [-0.2, -0.15) is 0 Å². The fraction of sp³-hybridized carbons (Fsp3) is 0.500. The number of esters is 1. The zero-order valence-corrected chi connectivity index (χ0v) is 12.9. The molecule has 1 aliphatic rings. The third-order valence-corrected chi connectivity index (χ3v) is 3.13. The molecule has 1 aromatic carbocycles. The van der Waals surface area contributed by atoms with E-state index in [4.69, 9.17) is 9.47 Å². The molecule has 1 amide bonds. The van der Waals surface area contributed by atoms with Gasteiger partial charge in [-0.3, -0.25) is 4.90 Å². The lowest BCUT2D eigenvalue weighted by Gasteiger charge is -2.24. The molecule has 0 aliphatic carbocycles. The predicted molar refractivity (Wildman–Crippen MR) is 77.9 cm³/mol. The molecule has 0 unspecified atom stereocenters. The van der Waals surface area contributed by atoms with Crippen molar-refractivity contribution in [1.82, 2.24) is 4.90 Å². The summed E-state index contributed by atoms with van der Waals surface area (Å²) in [4.78, 5) is 25.7. The molecule has 0 N–H and O–H groups in total. The van der Waals surface area contributed by atoms with Gasteiger partial charge in [0.15, 0.2) is 0 Å². The van der Waals surface area contributed by atoms with Crippen LogP contribution in [0.2, 0.25) is 0 Å². The Kier molecular flexibility index (Phi) is 4.21. The summed E-state index contributed by atoms with van der Waals surface area (Å²) in [5.74, 6) is -0.347. The van der Waals surface area contributed by atoms with E-state index in [-0.39, 0.29) is 12.1 Å². The van der Waals surface area contributed by atoms with Gasteiger partial charge in [-0.15, -0.1) is 0 Å². The van der Waals surface area contributed by atoms with Crippen LogP contribution in [0.5, 0.6) is 0 Å². The quantitative estimate of drug-likeness (QED) is 0.786. The van der Waals surface area contributed by atoms with Crippen LogP contribution in [-0.2, 0) is 22.6 Å². The zero-order chi connectivity index (χ0) is 15.6. The van der Waals surface area contributed by atoms with Crippen LogP contribution in [0.4, 0.5) is 4.79 Å². The average molecular weight is 291 g/mol. The van der Waals surface area contributed by atoms with Crippen molar-refractivity contribution >= 4 is 12.1 Å². The van der Waals surface area contributed by atoms with Crippen LogP contribution in [0, 0.1) is 0 Å². The number of ether oxygens (including phenoxy) is 2. The van der Waals surface area contributed by atoms with Crippen molar-refractivity contribution in [3.05, 3.63) is 34.9 Å². The lowest BCUT2D eigenvalue weighted by molar-refractivity contribution is 0.0239. The molecule has 0 radical (unpaired) electrons. The molecule has 0 fully saturated rings. The molecule has 5 heteroatoms. The first kappa shape index (κ1) is 15.4. The summed E-state index contributed by atoms with van der Waals surface area (Å²) in [7, 11) is 0. The summed E-state index contributed by atoms with van der Waals surface area (Å²) in [5.41, 5.74) is 1.81. The zero-order valence-electron chi connectivity index (χ0n) is 12.9. The average Bonchev–Trinajstić information content (AvgIpc) is 2.80. The first-order valence-corrected chi connectivity index (χ1v) is 7.07. The number of nitrogens with zero attached hydrogens (tertiary/aromatic N) is 1. The third-order valence-electron chi connectivity index (χ3n) is 3.13. The van der Waals surface area contributed by atoms with Crippen molar-refractivity contribution in [1.29, 1.82) is 0 Å². The highest BCUT2D eigenvalue weighted by Gasteiger charge is 2.30. The molecule has 1 aliphatic heterocycles. The van der Waals surface area contributed by atoms with Gasteiger partial charge in [0, 0.05) is 6.54 Å². The molecular weight excluding hydrogens is 270 g/mol. The molecule has 0 bridgehead atoms. The van der Waals surface area contributed by atoms with Gasteiger partial charge in [0.1, 0.15) is 5.60 Å². The van der Waals surface area contributed by atoms with E-state index in [1.165, 1.54) is 0 Å². The van der Waals surface area contributed by atoms with Crippen LogP contribution in [0.25, 0.3) is 0 Å². The minimum atomic E-state index is -0.532. The van der Waals surface area contributed by atoms with Crippen molar-refractivity contribution in [2.45, 2.75) is 46.4 Å². The number of hydrogen-bond acceptors (Lipinski definition) is 4. The Hall–Kier alpha value is -2.04. The smallest absolute Gasteiger partial charge is 0.410 e. The molecule has 5 nitrogen and oxygen atoms in total. The van der Waals surface area contributed by atoms with Crippen molar-refractivity contribution in [3.63, 3.8) is 0 Å². The number of rotatable bonds is 2. The van der Waals surface area contributed by atoms with Gasteiger partial charge in [-0.05, 0) is 44.9 Å². The maximum Gasteiger partial charge on any atom is 0.410 e. The Morgan fingerprint density at radius 3 is 2.57 bits per heavy atom. The van der Waals surface area contributed by atoms with Gasteiger partial charge in [-0.1, -0.05) is 12.1 Å². The van der Waals surface area contributed by atoms with E-state index in [1.54, 1.807) is 17.9 Å². The minimum absolute atomic E-state index is 0.332. The molecule has 0 spiro atoms. The van der Waals surface area contributed by atoms with Gasteiger partial charge >= 0.3 is 12.1 Å². The molecule has 114 valence electrons. The lowest BCUT2D eigenvalue weighted by Crippen LogP contribution is -2.33. The fourth-order valence-corrected chi connectivity index (χ4v) is 2.28. The summed E-state index contributed by atoms with van der Waals surface area (Å²) >= 11 is 0. The van der Waals surface area contributed by atoms with E-state index in [2.05, 4.69) is 0 Å². The van der Waals surface area contributed by atoms with E-state index in [0.717, 1.165) is 11.1 Å². The number of hydrogen-bond donors (Lipinski definition) is 0. The molecule has 21 heavy (non-hydrogen) atoms. The number of amides is 1. The third kappa shape index (κ3) is 3.54. The molecule has 1 aromatic rings. The van der Waals surface area contributed by atoms with Crippen LogP contribution in [-0.4, -0.2) is 29.2 Å². The maximum absolute atomic E-state index is 12.1. The second-order valence-corrected chi connectivity index (χ2v) is 6.00. The Morgan fingerprint density at radius 1 is 1.24 bits per heavy atom. The topological polar surface area (TPSA) is 55.8 Å². The highest BCUT2D eigenvalue weighted by atomic mass is 16.6. The fourth-order valence-electron chi connectivity index (χ4n) is 2.28. The van der Waals surface area contributed by atoms with E-state index >= 15 is 0 Å². The standard InChI is InChI=1S/C16H21NO4/c1-5-20-14(18)12-8-6-7-11-9-17(10-13(11)12)15(19)21-16(2,3)4/h6-8H,5,9-10H2,1-4H3. The van der Waals surface area contributed by atoms with E-state index in [0.29, 0.717) is 25.3 Å². The summed E-state index contributed by atoms with van der Waals surface area (Å²) < 4.78 is 10.4. The SMILES string of the molecule is CCOC(=O)c1cccc2c1CN(C(=O)OC(C)(C)C)C2. The highest BCUT2D eigenvalue weighted by Crippen LogP contribution is 2.27. The summed E-state index contributed by atoms with van der Waals surface area (Å²) in [6, 6.07) is 5.46. The molecule has 0 atom stereocenters. The number of carbonyl (C=O) groups is 2. The van der Waals surface area contributed by atoms with E-state index < -0.39 is 5.60 Å². The maximum atomic E-state index is 12.1. The summed E-state index contributed by atoms with van der Waals surface area (Å²) in [6.45, 7) is 8.43. The highest BCUT2D eigenvalue weighted by molar-refractivity contribution is 5.92. The van der Waals surface area contributed by atoms with Crippen molar-refractivity contribution in [2.24, 2.45) is 0 Å². The molecule has 0 saturated carbocycles. The Labute approximate surface area is 124 Å². The van der Waals surface area contributed by atoms with Crippen molar-refractivity contribution in [3.8, 4) is 0 Å². The van der Waals surface area contributed by atoms with E-state index in [9.17, 15) is 9.59 Å². The summed E-state index contributed by atoms with van der Waals surface area (Å²) in [5, 5.41) is 0. The minimum Gasteiger partial charge on any atom is -0.462 e. The predicted octanol–water partition coefficient (Wildman–Crippen LogP) is 3.11. The normalized spacial score (nSPS) is 13.8. The Bertz CT molecular complexity index is 560. The largest absolute Gasteiger partial charge is 0.462 e. The number of benzene rings is 1. The van der Waals surface area contributed by atoms with Crippen LogP contribution >= 0.6 is 0 Å². The van der Waals surface area contributed by atoms with Gasteiger partial charge < -0.3 is 9.47 Å². The first-order valence-electron chi connectivity index (χ1n) is 7.07. The van der Waals surface area contributed by atoms with Gasteiger partial charge in [0.25, 0.3) is 0 Å². The van der Waals surface area contributed by atoms with E-state index in [1.807, 2.05) is 32.9 Å². The summed E-state index contributed by atoms with van der Waals surface area (Å²) in [6.07, 6.45) is -0.367. The monoisotopic (exact) mass is 291 g/mol. The van der Waals surface area contributed by atoms with Gasteiger partial charge in [0.2, 0.25) is 0 Å². The lowest BCUT2D eigenvalue weighted by atomic mass is 10.0. The van der Waals surface area contributed by atoms with Crippen LogP contribution in [0.1, 0.15) is 49.2 Å². The molecular formula is C16H21NO4. The molecule has 0 aromatic heterocycles. The van der Waals surface area contributed by atoms with Crippen molar-refractivity contribution in [2.75, 3.05) is 6.61 Å².